The maximum absolute atomic E-state index is 13.3. The number of hydrogen-bond acceptors (Lipinski definition) is 4. The molecule has 1 aliphatic rings. The van der Waals surface area contributed by atoms with E-state index in [1.165, 1.54) is 12.1 Å². The molecule has 2 rings (SSSR count). The van der Waals surface area contributed by atoms with Crippen molar-refractivity contribution in [2.45, 2.75) is 18.4 Å². The first kappa shape index (κ1) is 14.4. The van der Waals surface area contributed by atoms with Crippen LogP contribution in [0.1, 0.15) is 12.8 Å². The molecule has 1 aromatic rings. The van der Waals surface area contributed by atoms with Crippen LogP contribution in [0.5, 0.6) is 0 Å². The zero-order chi connectivity index (χ0) is 14.0. The smallest absolute Gasteiger partial charge is 0.143 e. The van der Waals surface area contributed by atoms with Gasteiger partial charge in [0.25, 0.3) is 0 Å². The average Bonchev–Trinajstić information content (AvgIpc) is 2.34. The Morgan fingerprint density at radius 2 is 2.11 bits per heavy atom. The summed E-state index contributed by atoms with van der Waals surface area (Å²) in [6.07, 6.45) is 1.15. The fraction of sp³-hybridized carbons (Fsp3) is 0.538. The number of nitrogens with zero attached hydrogens (tertiary/aromatic N) is 1. The number of aliphatic hydroxyl groups is 1. The van der Waals surface area contributed by atoms with E-state index in [9.17, 15) is 9.50 Å². The van der Waals surface area contributed by atoms with Gasteiger partial charge in [0.15, 0.2) is 0 Å². The summed E-state index contributed by atoms with van der Waals surface area (Å²) in [6, 6.07) is 2.68. The highest BCUT2D eigenvalue weighted by molar-refractivity contribution is 6.31. The first-order chi connectivity index (χ1) is 8.91. The number of hydrogen-bond donors (Lipinski definition) is 2. The van der Waals surface area contributed by atoms with Crippen LogP contribution >= 0.6 is 11.6 Å². The van der Waals surface area contributed by atoms with Crippen molar-refractivity contribution in [2.24, 2.45) is 0 Å². The second-order valence-corrected chi connectivity index (χ2v) is 5.43. The molecule has 0 unspecified atom stereocenters. The Hall–Kier alpha value is -1.04. The number of ether oxygens (including phenoxy) is 1. The second-order valence-electron chi connectivity index (χ2n) is 5.02. The van der Waals surface area contributed by atoms with Gasteiger partial charge < -0.3 is 20.5 Å². The Morgan fingerprint density at radius 3 is 2.74 bits per heavy atom. The Kier molecular flexibility index (Phi) is 4.18. The number of likely N-dealkylation sites (N-methyl/N-ethyl adjacent to an activating group) is 1. The number of nitrogens with two attached hydrogens (primary N) is 1. The van der Waals surface area contributed by atoms with Crippen molar-refractivity contribution in [3.8, 4) is 0 Å². The molecule has 6 heteroatoms. The summed E-state index contributed by atoms with van der Waals surface area (Å²) in [5, 5.41) is 10.5. The van der Waals surface area contributed by atoms with E-state index in [1.54, 1.807) is 11.9 Å². The van der Waals surface area contributed by atoms with Gasteiger partial charge in [-0.15, -0.1) is 0 Å². The minimum absolute atomic E-state index is 0.0232. The molecule has 0 radical (unpaired) electrons. The number of nitrogen functional groups attached to an aromatic ring is 1. The number of benzene rings is 1. The van der Waals surface area contributed by atoms with Crippen LogP contribution in [0.2, 0.25) is 5.02 Å². The van der Waals surface area contributed by atoms with Crippen molar-refractivity contribution in [1.29, 1.82) is 0 Å². The molecule has 106 valence electrons. The lowest BCUT2D eigenvalue weighted by Crippen LogP contribution is -2.45. The van der Waals surface area contributed by atoms with Gasteiger partial charge in [-0.25, -0.2) is 4.39 Å². The van der Waals surface area contributed by atoms with Crippen LogP contribution in [0.25, 0.3) is 0 Å². The summed E-state index contributed by atoms with van der Waals surface area (Å²) in [6.45, 7) is 1.50. The molecule has 0 aliphatic carbocycles. The molecule has 0 saturated carbocycles. The van der Waals surface area contributed by atoms with Crippen molar-refractivity contribution >= 4 is 23.0 Å². The van der Waals surface area contributed by atoms with Gasteiger partial charge in [-0.2, -0.15) is 0 Å². The fourth-order valence-corrected chi connectivity index (χ4v) is 2.48. The van der Waals surface area contributed by atoms with E-state index in [0.29, 0.717) is 44.0 Å². The quantitative estimate of drug-likeness (QED) is 0.836. The summed E-state index contributed by atoms with van der Waals surface area (Å²) in [5.41, 5.74) is 5.91. The van der Waals surface area contributed by atoms with Crippen molar-refractivity contribution in [3.05, 3.63) is 23.0 Å². The summed E-state index contributed by atoms with van der Waals surface area (Å²) in [4.78, 5) is 1.80. The van der Waals surface area contributed by atoms with Crippen LogP contribution in [0.3, 0.4) is 0 Å². The van der Waals surface area contributed by atoms with Crippen LogP contribution in [0.15, 0.2) is 12.1 Å². The van der Waals surface area contributed by atoms with Gasteiger partial charge in [0, 0.05) is 45.7 Å². The van der Waals surface area contributed by atoms with Gasteiger partial charge in [-0.3, -0.25) is 0 Å². The second kappa shape index (κ2) is 5.53. The molecular formula is C13H18ClFN2O2. The molecule has 0 bridgehead atoms. The highest BCUT2D eigenvalue weighted by atomic mass is 35.5. The predicted octanol–water partition coefficient (Wildman–Crippen LogP) is 2.04. The minimum Gasteiger partial charge on any atom is -0.397 e. The SMILES string of the molecule is CN(CC1(O)CCOCC1)c1cc(Cl)c(F)cc1N. The molecule has 1 aromatic carbocycles. The normalized spacial score (nSPS) is 18.3. The van der Waals surface area contributed by atoms with Gasteiger partial charge in [-0.05, 0) is 6.07 Å². The lowest BCUT2D eigenvalue weighted by atomic mass is 9.93. The average molecular weight is 289 g/mol. The lowest BCUT2D eigenvalue weighted by molar-refractivity contribution is -0.0572. The van der Waals surface area contributed by atoms with Crippen molar-refractivity contribution < 1.29 is 14.2 Å². The zero-order valence-electron chi connectivity index (χ0n) is 10.8. The standard InChI is InChI=1S/C13H18ClFN2O2/c1-17(8-13(18)2-4-19-5-3-13)12-6-9(14)10(15)7-11(12)16/h6-7,18H,2-5,8,16H2,1H3. The van der Waals surface area contributed by atoms with E-state index in [4.69, 9.17) is 22.1 Å². The maximum atomic E-state index is 13.3. The molecule has 4 nitrogen and oxygen atoms in total. The Balaban J connectivity index is 2.15. The largest absolute Gasteiger partial charge is 0.397 e. The Labute approximate surface area is 116 Å². The number of rotatable bonds is 3. The first-order valence-corrected chi connectivity index (χ1v) is 6.55. The summed E-state index contributed by atoms with van der Waals surface area (Å²) < 4.78 is 18.5. The minimum atomic E-state index is -0.805. The Bertz CT molecular complexity index is 464. The monoisotopic (exact) mass is 288 g/mol. The molecule has 19 heavy (non-hydrogen) atoms. The summed E-state index contributed by atoms with van der Waals surface area (Å²) >= 11 is 5.77. The third kappa shape index (κ3) is 3.29. The molecule has 1 aliphatic heterocycles. The van der Waals surface area contributed by atoms with Gasteiger partial charge in [0.2, 0.25) is 0 Å². The fourth-order valence-electron chi connectivity index (χ4n) is 2.32. The van der Waals surface area contributed by atoms with Gasteiger partial charge >= 0.3 is 0 Å². The van der Waals surface area contributed by atoms with Crippen LogP contribution < -0.4 is 10.6 Å². The molecular weight excluding hydrogens is 271 g/mol. The van der Waals surface area contributed by atoms with Crippen molar-refractivity contribution in [1.82, 2.24) is 0 Å². The number of anilines is 2. The van der Waals surface area contributed by atoms with Crippen LogP contribution in [-0.2, 0) is 4.74 Å². The summed E-state index contributed by atoms with van der Waals surface area (Å²) in [5.74, 6) is -0.541. The van der Waals surface area contributed by atoms with E-state index < -0.39 is 11.4 Å². The highest BCUT2D eigenvalue weighted by Gasteiger charge is 2.31. The third-order valence-corrected chi connectivity index (χ3v) is 3.73. The van der Waals surface area contributed by atoms with Crippen LogP contribution in [0.4, 0.5) is 15.8 Å². The van der Waals surface area contributed by atoms with E-state index in [1.807, 2.05) is 0 Å². The molecule has 0 aromatic heterocycles. The molecule has 1 heterocycles. The summed E-state index contributed by atoms with van der Waals surface area (Å²) in [7, 11) is 1.80. The topological polar surface area (TPSA) is 58.7 Å². The van der Waals surface area contributed by atoms with E-state index in [0.717, 1.165) is 0 Å². The van der Waals surface area contributed by atoms with Crippen LogP contribution in [0, 0.1) is 5.82 Å². The van der Waals surface area contributed by atoms with Crippen LogP contribution in [-0.4, -0.2) is 37.5 Å². The molecule has 0 atom stereocenters. The first-order valence-electron chi connectivity index (χ1n) is 6.17. The van der Waals surface area contributed by atoms with E-state index in [2.05, 4.69) is 0 Å². The van der Waals surface area contributed by atoms with Gasteiger partial charge in [-0.1, -0.05) is 11.6 Å². The molecule has 1 saturated heterocycles. The predicted molar refractivity (Wildman–Crippen MR) is 74.1 cm³/mol. The van der Waals surface area contributed by atoms with Crippen molar-refractivity contribution in [2.75, 3.05) is 37.4 Å². The number of halogens is 2. The highest BCUT2D eigenvalue weighted by Crippen LogP contribution is 2.31. The maximum Gasteiger partial charge on any atom is 0.143 e. The third-order valence-electron chi connectivity index (χ3n) is 3.44. The van der Waals surface area contributed by atoms with E-state index in [-0.39, 0.29) is 5.02 Å². The molecule has 0 amide bonds. The van der Waals surface area contributed by atoms with Gasteiger partial charge in [0.05, 0.1) is 22.0 Å². The molecule has 0 spiro atoms. The van der Waals surface area contributed by atoms with Crippen molar-refractivity contribution in [3.63, 3.8) is 0 Å². The lowest BCUT2D eigenvalue weighted by Gasteiger charge is -2.36. The molecule has 1 fully saturated rings. The molecule has 3 N–H and O–H groups in total. The zero-order valence-corrected chi connectivity index (χ0v) is 11.6. The van der Waals surface area contributed by atoms with Gasteiger partial charge in [0.1, 0.15) is 5.82 Å². The Morgan fingerprint density at radius 1 is 1.47 bits per heavy atom. The van der Waals surface area contributed by atoms with E-state index >= 15 is 0 Å².